The molecule has 0 aromatic rings. The summed E-state index contributed by atoms with van der Waals surface area (Å²) in [5, 5.41) is 23.9. The summed E-state index contributed by atoms with van der Waals surface area (Å²) in [4.78, 5) is 26.2. The minimum atomic E-state index is -0.797. The predicted octanol–water partition coefficient (Wildman–Crippen LogP) is 17.2. The molecule has 378 valence electrons. The highest BCUT2D eigenvalue weighted by Crippen LogP contribution is 2.18. The number of hydrogen-bond acceptors (Lipinski definition) is 5. The summed E-state index contributed by atoms with van der Waals surface area (Å²) in [6, 6.07) is -0.713. The van der Waals surface area contributed by atoms with Crippen LogP contribution in [0.1, 0.15) is 278 Å². The third-order valence-corrected chi connectivity index (χ3v) is 12.6. The first kappa shape index (κ1) is 62.6. The monoisotopic (exact) mass is 910 g/mol. The van der Waals surface area contributed by atoms with Gasteiger partial charge in [-0.2, -0.15) is 0 Å². The van der Waals surface area contributed by atoms with Crippen molar-refractivity contribution in [2.24, 2.45) is 0 Å². The summed E-state index contributed by atoms with van der Waals surface area (Å²) in [5.74, 6) is -0.504. The lowest BCUT2D eigenvalue weighted by molar-refractivity contribution is -0.151. The standard InChI is InChI=1S/C59H107NO5/c1-4-7-10-13-16-19-22-25-27-29-30-33-36-39-42-45-48-51-57(62)56(54-61)60-58(63)53-55(50-47-44-41-38-35-32-24-21-18-15-12-9-6-3)65-59(64)52-49-46-43-40-37-34-31-28-26-23-20-17-14-11-8-5-2/h8,11,17-18,20-21,24,26,28,32,55-57,61-62H,4-7,9-10,12-16,19,22-23,25,27,29-31,33-54H2,1-3H3,(H,60,63)/b11-8+,20-17+,21-18+,28-26+,32-24+. The van der Waals surface area contributed by atoms with E-state index in [9.17, 15) is 19.8 Å². The number of carbonyl (C=O) groups is 2. The van der Waals surface area contributed by atoms with Crippen LogP contribution in [0.15, 0.2) is 60.8 Å². The zero-order valence-corrected chi connectivity index (χ0v) is 43.1. The molecule has 0 heterocycles. The molecule has 0 aliphatic heterocycles. The molecule has 3 N–H and O–H groups in total. The van der Waals surface area contributed by atoms with Crippen LogP contribution >= 0.6 is 0 Å². The molecule has 0 aliphatic rings. The van der Waals surface area contributed by atoms with E-state index in [4.69, 9.17) is 4.74 Å². The molecular formula is C59H107NO5. The maximum atomic E-state index is 13.2. The number of carbonyl (C=O) groups excluding carboxylic acids is 2. The summed E-state index contributed by atoms with van der Waals surface area (Å²) in [7, 11) is 0. The fourth-order valence-corrected chi connectivity index (χ4v) is 8.38. The van der Waals surface area contributed by atoms with E-state index in [2.05, 4.69) is 86.8 Å². The molecule has 65 heavy (non-hydrogen) atoms. The number of unbranched alkanes of at least 4 members (excludes halogenated alkanes) is 29. The van der Waals surface area contributed by atoms with Gasteiger partial charge in [0.05, 0.1) is 25.2 Å². The van der Waals surface area contributed by atoms with Crippen molar-refractivity contribution in [3.63, 3.8) is 0 Å². The Morgan fingerprint density at radius 3 is 1.38 bits per heavy atom. The molecule has 0 aliphatic carbocycles. The Morgan fingerprint density at radius 2 is 0.877 bits per heavy atom. The Kier molecular flexibility index (Phi) is 50.6. The van der Waals surface area contributed by atoms with Crippen molar-refractivity contribution in [1.82, 2.24) is 5.32 Å². The Morgan fingerprint density at radius 1 is 0.477 bits per heavy atom. The molecule has 0 fully saturated rings. The second-order valence-corrected chi connectivity index (χ2v) is 19.0. The largest absolute Gasteiger partial charge is 0.462 e. The topological polar surface area (TPSA) is 95.9 Å². The second kappa shape index (κ2) is 52.5. The molecule has 3 atom stereocenters. The Balaban J connectivity index is 4.55. The number of nitrogens with one attached hydrogen (secondary N) is 1. The van der Waals surface area contributed by atoms with Crippen molar-refractivity contribution in [1.29, 1.82) is 0 Å². The second-order valence-electron chi connectivity index (χ2n) is 19.0. The van der Waals surface area contributed by atoms with Crippen LogP contribution < -0.4 is 5.32 Å². The first-order valence-corrected chi connectivity index (χ1v) is 28.0. The molecule has 0 bridgehead atoms. The molecule has 0 saturated heterocycles. The van der Waals surface area contributed by atoms with E-state index in [1.165, 1.54) is 128 Å². The van der Waals surface area contributed by atoms with Crippen molar-refractivity contribution in [3.8, 4) is 0 Å². The molecular weight excluding hydrogens is 803 g/mol. The minimum absolute atomic E-state index is 0.0580. The molecule has 0 spiro atoms. The van der Waals surface area contributed by atoms with Crippen LogP contribution in [0.4, 0.5) is 0 Å². The number of hydrogen-bond donors (Lipinski definition) is 3. The molecule has 0 saturated carbocycles. The molecule has 0 aromatic carbocycles. The van der Waals surface area contributed by atoms with Crippen molar-refractivity contribution < 1.29 is 24.5 Å². The molecule has 6 nitrogen and oxygen atoms in total. The number of esters is 1. The van der Waals surface area contributed by atoms with Gasteiger partial charge in [-0.05, 0) is 83.5 Å². The Bertz CT molecular complexity index is 1160. The van der Waals surface area contributed by atoms with E-state index in [1.807, 2.05) is 0 Å². The first-order valence-electron chi connectivity index (χ1n) is 28.0. The van der Waals surface area contributed by atoms with E-state index in [0.29, 0.717) is 19.3 Å². The van der Waals surface area contributed by atoms with Gasteiger partial charge in [0, 0.05) is 6.42 Å². The van der Waals surface area contributed by atoms with E-state index in [1.54, 1.807) is 0 Å². The minimum Gasteiger partial charge on any atom is -0.462 e. The van der Waals surface area contributed by atoms with E-state index in [0.717, 1.165) is 103 Å². The zero-order chi connectivity index (χ0) is 47.4. The highest BCUT2D eigenvalue weighted by molar-refractivity contribution is 5.77. The van der Waals surface area contributed by atoms with Crippen LogP contribution in [-0.4, -0.2) is 46.9 Å². The molecule has 0 radical (unpaired) electrons. The van der Waals surface area contributed by atoms with Crippen molar-refractivity contribution in [2.45, 2.75) is 296 Å². The summed E-state index contributed by atoms with van der Waals surface area (Å²) in [6.45, 7) is 6.36. The van der Waals surface area contributed by atoms with Gasteiger partial charge in [0.15, 0.2) is 0 Å². The van der Waals surface area contributed by atoms with Crippen molar-refractivity contribution in [3.05, 3.63) is 60.8 Å². The van der Waals surface area contributed by atoms with Crippen LogP contribution in [0.5, 0.6) is 0 Å². The zero-order valence-electron chi connectivity index (χ0n) is 43.1. The van der Waals surface area contributed by atoms with Crippen LogP contribution in [0, 0.1) is 0 Å². The van der Waals surface area contributed by atoms with Gasteiger partial charge in [0.25, 0.3) is 0 Å². The lowest BCUT2D eigenvalue weighted by Gasteiger charge is -2.24. The van der Waals surface area contributed by atoms with E-state index in [-0.39, 0.29) is 24.9 Å². The number of allylic oxidation sites excluding steroid dienone is 10. The molecule has 1 amide bonds. The van der Waals surface area contributed by atoms with Gasteiger partial charge in [-0.1, -0.05) is 242 Å². The lowest BCUT2D eigenvalue weighted by atomic mass is 10.0. The average molecular weight is 911 g/mol. The maximum absolute atomic E-state index is 13.2. The van der Waals surface area contributed by atoms with E-state index >= 15 is 0 Å². The smallest absolute Gasteiger partial charge is 0.306 e. The third-order valence-electron chi connectivity index (χ3n) is 12.6. The molecule has 0 rings (SSSR count). The van der Waals surface area contributed by atoms with E-state index < -0.39 is 18.2 Å². The summed E-state index contributed by atoms with van der Waals surface area (Å²) in [5.41, 5.74) is 0. The van der Waals surface area contributed by atoms with Gasteiger partial charge in [-0.3, -0.25) is 9.59 Å². The van der Waals surface area contributed by atoms with Crippen LogP contribution in [0.3, 0.4) is 0 Å². The van der Waals surface area contributed by atoms with Gasteiger partial charge in [0.2, 0.25) is 5.91 Å². The lowest BCUT2D eigenvalue weighted by Crippen LogP contribution is -2.46. The third kappa shape index (κ3) is 47.8. The first-order chi connectivity index (χ1) is 32.0. The van der Waals surface area contributed by atoms with Gasteiger partial charge in [-0.15, -0.1) is 0 Å². The highest BCUT2D eigenvalue weighted by atomic mass is 16.5. The summed E-state index contributed by atoms with van der Waals surface area (Å²) < 4.78 is 5.94. The number of ether oxygens (including phenoxy) is 1. The Labute approximate surface area is 403 Å². The fraction of sp³-hybridized carbons (Fsp3) is 0.797. The SMILES string of the molecule is CC/C=C/C/C=C/C/C=C/CCCCCCCCC(=O)OC(CCCCCC/C=C/C=C/CCCCC)CC(=O)NC(CO)C(O)CCCCCCCCCCCCCCCCCCC. The normalized spacial score (nSPS) is 13.6. The Hall–Kier alpha value is -2.44. The van der Waals surface area contributed by atoms with Crippen LogP contribution in [-0.2, 0) is 14.3 Å². The van der Waals surface area contributed by atoms with Gasteiger partial charge in [0.1, 0.15) is 6.10 Å². The molecule has 0 aromatic heterocycles. The number of amides is 1. The average Bonchev–Trinajstić information content (AvgIpc) is 3.30. The van der Waals surface area contributed by atoms with Crippen LogP contribution in [0.25, 0.3) is 0 Å². The van der Waals surface area contributed by atoms with Gasteiger partial charge < -0.3 is 20.3 Å². The van der Waals surface area contributed by atoms with Gasteiger partial charge >= 0.3 is 5.97 Å². The fourth-order valence-electron chi connectivity index (χ4n) is 8.38. The number of rotatable bonds is 50. The van der Waals surface area contributed by atoms with Crippen molar-refractivity contribution >= 4 is 11.9 Å². The molecule has 6 heteroatoms. The van der Waals surface area contributed by atoms with Crippen molar-refractivity contribution in [2.75, 3.05) is 6.61 Å². The quantitative estimate of drug-likeness (QED) is 0.0245. The number of aliphatic hydroxyl groups is 2. The summed E-state index contributed by atoms with van der Waals surface area (Å²) >= 11 is 0. The summed E-state index contributed by atoms with van der Waals surface area (Å²) in [6.07, 6.45) is 65.7. The molecule has 3 unspecified atom stereocenters. The predicted molar refractivity (Wildman–Crippen MR) is 282 cm³/mol. The maximum Gasteiger partial charge on any atom is 0.306 e. The van der Waals surface area contributed by atoms with Crippen LogP contribution in [0.2, 0.25) is 0 Å². The van der Waals surface area contributed by atoms with Gasteiger partial charge in [-0.25, -0.2) is 0 Å². The number of aliphatic hydroxyl groups excluding tert-OH is 2. The highest BCUT2D eigenvalue weighted by Gasteiger charge is 2.24.